The van der Waals surface area contributed by atoms with Gasteiger partial charge < -0.3 is 10.2 Å². The highest BCUT2D eigenvalue weighted by atomic mass is 16.2. The van der Waals surface area contributed by atoms with Crippen LogP contribution in [0, 0.1) is 5.92 Å². The lowest BCUT2D eigenvalue weighted by atomic mass is 9.96. The lowest BCUT2D eigenvalue weighted by molar-refractivity contribution is -0.128. The summed E-state index contributed by atoms with van der Waals surface area (Å²) in [5.41, 5.74) is 2.78. The average Bonchev–Trinajstić information content (AvgIpc) is 3.77. The summed E-state index contributed by atoms with van der Waals surface area (Å²) in [5, 5.41) is 4.15. The number of amides is 1. The van der Waals surface area contributed by atoms with Crippen LogP contribution >= 0.6 is 0 Å². The summed E-state index contributed by atoms with van der Waals surface area (Å²) >= 11 is 0. The molecular weight excluding hydrogens is 478 g/mol. The van der Waals surface area contributed by atoms with Gasteiger partial charge in [0, 0.05) is 51.2 Å². The molecule has 2 atom stereocenters. The number of rotatable bonds is 10. The summed E-state index contributed by atoms with van der Waals surface area (Å²) in [4.78, 5) is 41.7. The minimum Gasteiger partial charge on any atom is -0.348 e. The van der Waals surface area contributed by atoms with Gasteiger partial charge in [0.2, 0.25) is 11.9 Å². The number of hydrogen-bond acceptors (Lipinski definition) is 7. The zero-order chi connectivity index (χ0) is 26.6. The molecule has 5 rings (SSSR count). The molecule has 2 fully saturated rings. The van der Waals surface area contributed by atoms with Gasteiger partial charge in [-0.3, -0.25) is 14.3 Å². The van der Waals surface area contributed by atoms with E-state index in [0.29, 0.717) is 24.2 Å². The second kappa shape index (κ2) is 11.4. The van der Waals surface area contributed by atoms with Gasteiger partial charge in [-0.05, 0) is 42.9 Å². The van der Waals surface area contributed by atoms with E-state index < -0.39 is 0 Å². The minimum absolute atomic E-state index is 0.00923. The number of piperazine rings is 1. The second-order valence-electron chi connectivity index (χ2n) is 10.5. The van der Waals surface area contributed by atoms with Gasteiger partial charge >= 0.3 is 5.69 Å². The van der Waals surface area contributed by atoms with Crippen molar-refractivity contribution in [3.05, 3.63) is 70.9 Å². The Hall–Kier alpha value is -3.59. The van der Waals surface area contributed by atoms with Crippen LogP contribution in [0.5, 0.6) is 0 Å². The van der Waals surface area contributed by atoms with Gasteiger partial charge in [0.05, 0.1) is 11.4 Å². The Bertz CT molecular complexity index is 1340. The lowest BCUT2D eigenvalue weighted by Crippen LogP contribution is -2.49. The summed E-state index contributed by atoms with van der Waals surface area (Å²) in [7, 11) is 0. The molecule has 2 aromatic heterocycles. The van der Waals surface area contributed by atoms with Crippen molar-refractivity contribution in [2.24, 2.45) is 5.92 Å². The van der Waals surface area contributed by atoms with Crippen molar-refractivity contribution in [2.75, 3.05) is 31.5 Å². The number of nitrogens with zero attached hydrogens (tertiary/aromatic N) is 6. The van der Waals surface area contributed by atoms with Crippen LogP contribution in [-0.2, 0) is 11.3 Å². The maximum Gasteiger partial charge on any atom is 0.349 e. The van der Waals surface area contributed by atoms with Gasteiger partial charge in [0.25, 0.3) is 0 Å². The fourth-order valence-electron chi connectivity index (χ4n) is 5.30. The van der Waals surface area contributed by atoms with Gasteiger partial charge in [-0.2, -0.15) is 4.98 Å². The molecule has 0 radical (unpaired) electrons. The van der Waals surface area contributed by atoms with Crippen LogP contribution in [0.2, 0.25) is 0 Å². The Morgan fingerprint density at radius 3 is 2.45 bits per heavy atom. The summed E-state index contributed by atoms with van der Waals surface area (Å²) in [6.45, 7) is 11.6. The van der Waals surface area contributed by atoms with Gasteiger partial charge in [0.1, 0.15) is 0 Å². The zero-order valence-corrected chi connectivity index (χ0v) is 22.3. The first-order valence-electron chi connectivity index (χ1n) is 13.7. The Labute approximate surface area is 223 Å². The van der Waals surface area contributed by atoms with E-state index in [1.807, 2.05) is 11.8 Å². The first-order valence-corrected chi connectivity index (χ1v) is 13.7. The first-order chi connectivity index (χ1) is 18.5. The number of hydrogen-bond donors (Lipinski definition) is 1. The van der Waals surface area contributed by atoms with E-state index in [1.54, 1.807) is 10.8 Å². The highest BCUT2D eigenvalue weighted by molar-refractivity contribution is 5.87. The Morgan fingerprint density at radius 2 is 1.79 bits per heavy atom. The normalized spacial score (nSPS) is 17.8. The Morgan fingerprint density at radius 1 is 1.11 bits per heavy atom. The molecule has 1 aliphatic heterocycles. The molecule has 3 aromatic rings. The number of aryl methyl sites for hydroxylation is 1. The lowest BCUT2D eigenvalue weighted by Gasteiger charge is -2.39. The van der Waals surface area contributed by atoms with E-state index >= 15 is 0 Å². The third kappa shape index (κ3) is 5.78. The third-order valence-corrected chi connectivity index (χ3v) is 7.71. The molecule has 1 amide bonds. The monoisotopic (exact) mass is 515 g/mol. The molecule has 200 valence electrons. The number of fused-ring (bicyclic) bond motifs is 1. The van der Waals surface area contributed by atoms with Crippen LogP contribution in [-0.4, -0.2) is 61.4 Å². The number of benzene rings is 1. The fourth-order valence-corrected chi connectivity index (χ4v) is 5.30. The minimum atomic E-state index is -0.290. The summed E-state index contributed by atoms with van der Waals surface area (Å²) in [6, 6.07) is 9.21. The maximum absolute atomic E-state index is 12.3. The number of aromatic nitrogens is 4. The second-order valence-corrected chi connectivity index (χ2v) is 10.5. The highest BCUT2D eigenvalue weighted by Crippen LogP contribution is 2.40. The molecular formula is C29H37N7O2. The van der Waals surface area contributed by atoms with Crippen LogP contribution in [0.1, 0.15) is 62.7 Å². The molecule has 1 unspecified atom stereocenters. The Balaban J connectivity index is 1.29. The molecule has 38 heavy (non-hydrogen) atoms. The molecule has 0 spiro atoms. The summed E-state index contributed by atoms with van der Waals surface area (Å²) < 4.78 is 1.61. The van der Waals surface area contributed by atoms with Crippen LogP contribution < -0.4 is 11.0 Å². The predicted molar refractivity (Wildman–Crippen MR) is 149 cm³/mol. The van der Waals surface area contributed by atoms with Gasteiger partial charge in [0.15, 0.2) is 5.65 Å². The van der Waals surface area contributed by atoms with Crippen molar-refractivity contribution in [2.45, 2.75) is 58.2 Å². The van der Waals surface area contributed by atoms with Crippen molar-refractivity contribution in [1.29, 1.82) is 0 Å². The summed E-state index contributed by atoms with van der Waals surface area (Å²) in [6.07, 6.45) is 9.28. The SMILES string of the molecule is C=CC(=O)N1CCN(C(CC2CC2)c2ccc([C@H](C)Nc3ncc4cnc(=O)n(CCC)c4n3)cc2)CC1. The fraction of sp³-hybridized carbons (Fsp3) is 0.483. The molecule has 1 aromatic carbocycles. The van der Waals surface area contributed by atoms with Crippen molar-refractivity contribution in [3.8, 4) is 0 Å². The van der Waals surface area contributed by atoms with E-state index in [-0.39, 0.29) is 17.6 Å². The van der Waals surface area contributed by atoms with Crippen LogP contribution in [0.4, 0.5) is 5.95 Å². The highest BCUT2D eigenvalue weighted by Gasteiger charge is 2.32. The molecule has 0 bridgehead atoms. The van der Waals surface area contributed by atoms with Gasteiger partial charge in [-0.15, -0.1) is 0 Å². The molecule has 1 saturated carbocycles. The number of carbonyl (C=O) groups excluding carboxylic acids is 1. The zero-order valence-electron chi connectivity index (χ0n) is 22.3. The van der Waals surface area contributed by atoms with Crippen molar-refractivity contribution in [3.63, 3.8) is 0 Å². The van der Waals surface area contributed by atoms with Crippen LogP contribution in [0.15, 0.2) is 54.1 Å². The largest absolute Gasteiger partial charge is 0.349 e. The number of carbonyl (C=O) groups is 1. The molecule has 9 heteroatoms. The standard InChI is InChI=1S/C29H37N7O2/c1-4-12-36-27-24(19-31-29(36)38)18-30-28(33-27)32-20(3)22-8-10-23(11-9-22)25(17-21-6-7-21)34-13-15-35(16-14-34)26(37)5-2/h5,8-11,18-21,25H,2,4,6-7,12-17H2,1,3H3,(H,30,32,33)/t20-,25?/m0/s1. The summed E-state index contributed by atoms with van der Waals surface area (Å²) in [5.74, 6) is 1.32. The van der Waals surface area contributed by atoms with E-state index in [4.69, 9.17) is 0 Å². The average molecular weight is 516 g/mol. The Kier molecular flexibility index (Phi) is 7.83. The predicted octanol–water partition coefficient (Wildman–Crippen LogP) is 3.94. The molecule has 1 N–H and O–H groups in total. The molecule has 1 aliphatic carbocycles. The van der Waals surface area contributed by atoms with E-state index in [9.17, 15) is 9.59 Å². The van der Waals surface area contributed by atoms with Gasteiger partial charge in [-0.1, -0.05) is 50.6 Å². The van der Waals surface area contributed by atoms with Crippen LogP contribution in [0.25, 0.3) is 11.0 Å². The molecule has 2 aliphatic rings. The topological polar surface area (TPSA) is 96.3 Å². The third-order valence-electron chi connectivity index (χ3n) is 7.71. The van der Waals surface area contributed by atoms with E-state index in [1.165, 1.54) is 37.1 Å². The number of anilines is 1. The maximum atomic E-state index is 12.3. The molecule has 9 nitrogen and oxygen atoms in total. The number of nitrogens with one attached hydrogen (secondary N) is 1. The smallest absolute Gasteiger partial charge is 0.348 e. The van der Waals surface area contributed by atoms with Crippen LogP contribution in [0.3, 0.4) is 0 Å². The van der Waals surface area contributed by atoms with E-state index in [2.05, 4.69) is 62.9 Å². The quantitative estimate of drug-likeness (QED) is 0.409. The van der Waals surface area contributed by atoms with E-state index in [0.717, 1.165) is 49.5 Å². The van der Waals surface area contributed by atoms with Crippen molar-refractivity contribution >= 4 is 22.9 Å². The first kappa shape index (κ1) is 26.0. The molecule has 1 saturated heterocycles. The van der Waals surface area contributed by atoms with Gasteiger partial charge in [-0.25, -0.2) is 14.8 Å². The molecule has 3 heterocycles. The van der Waals surface area contributed by atoms with Crippen molar-refractivity contribution in [1.82, 2.24) is 29.3 Å². The van der Waals surface area contributed by atoms with Crippen molar-refractivity contribution < 1.29 is 4.79 Å².